The Labute approximate surface area is 116 Å². The van der Waals surface area contributed by atoms with Crippen LogP contribution in [0.25, 0.3) is 0 Å². The molecule has 100 valence electrons. The Morgan fingerprint density at radius 3 is 2.84 bits per heavy atom. The molecule has 2 rings (SSSR count). The van der Waals surface area contributed by atoms with Crippen molar-refractivity contribution in [3.63, 3.8) is 0 Å². The van der Waals surface area contributed by atoms with Gasteiger partial charge in [0.25, 0.3) is 0 Å². The van der Waals surface area contributed by atoms with E-state index in [1.165, 1.54) is 12.3 Å². The van der Waals surface area contributed by atoms with Crippen LogP contribution in [0.2, 0.25) is 5.02 Å². The molecule has 2 heterocycles. The van der Waals surface area contributed by atoms with Crippen LogP contribution in [-0.4, -0.2) is 16.5 Å². The average molecular weight is 280 g/mol. The van der Waals surface area contributed by atoms with Crippen molar-refractivity contribution in [1.29, 1.82) is 0 Å². The fourth-order valence-corrected chi connectivity index (χ4v) is 2.16. The molecule has 0 aliphatic rings. The lowest BCUT2D eigenvalue weighted by molar-refractivity contribution is 0.539. The smallest absolute Gasteiger partial charge is 0.141 e. The number of nitrogens with zero attached hydrogens (tertiary/aromatic N) is 2. The summed E-state index contributed by atoms with van der Waals surface area (Å²) in [4.78, 5) is 7.85. The van der Waals surface area contributed by atoms with Gasteiger partial charge in [-0.05, 0) is 36.2 Å². The third kappa shape index (κ3) is 3.72. The quantitative estimate of drug-likeness (QED) is 0.914. The maximum absolute atomic E-state index is 13.3. The lowest BCUT2D eigenvalue weighted by Crippen LogP contribution is -2.23. The standard InChI is InChI=1S/C14H15ClFN3/c1-2-19-14(11-5-12(16)8-18-7-11)6-10-3-4-17-9-13(10)15/h3-5,7-9,14,19H,2,6H2,1H3. The highest BCUT2D eigenvalue weighted by Gasteiger charge is 2.14. The van der Waals surface area contributed by atoms with Crippen molar-refractivity contribution in [3.05, 3.63) is 58.9 Å². The minimum Gasteiger partial charge on any atom is -0.310 e. The Morgan fingerprint density at radius 2 is 2.16 bits per heavy atom. The topological polar surface area (TPSA) is 37.8 Å². The van der Waals surface area contributed by atoms with Crippen molar-refractivity contribution < 1.29 is 4.39 Å². The van der Waals surface area contributed by atoms with Crippen LogP contribution in [0.1, 0.15) is 24.1 Å². The summed E-state index contributed by atoms with van der Waals surface area (Å²) < 4.78 is 13.3. The van der Waals surface area contributed by atoms with Crippen molar-refractivity contribution in [3.8, 4) is 0 Å². The highest BCUT2D eigenvalue weighted by atomic mass is 35.5. The molecule has 0 radical (unpaired) electrons. The molecule has 1 N–H and O–H groups in total. The number of hydrogen-bond donors (Lipinski definition) is 1. The minimum atomic E-state index is -0.332. The van der Waals surface area contributed by atoms with Gasteiger partial charge in [0.05, 0.1) is 11.2 Å². The zero-order valence-electron chi connectivity index (χ0n) is 10.6. The van der Waals surface area contributed by atoms with E-state index < -0.39 is 0 Å². The minimum absolute atomic E-state index is 0.0203. The SMILES string of the molecule is CCNC(Cc1ccncc1Cl)c1cncc(F)c1. The number of aromatic nitrogens is 2. The maximum atomic E-state index is 13.3. The summed E-state index contributed by atoms with van der Waals surface area (Å²) in [5.41, 5.74) is 1.79. The molecule has 1 atom stereocenters. The summed E-state index contributed by atoms with van der Waals surface area (Å²) in [7, 11) is 0. The molecule has 0 saturated heterocycles. The number of nitrogens with one attached hydrogen (secondary N) is 1. The normalized spacial score (nSPS) is 12.4. The second-order valence-electron chi connectivity index (χ2n) is 4.22. The molecule has 5 heteroatoms. The Bertz CT molecular complexity index is 548. The zero-order valence-corrected chi connectivity index (χ0v) is 11.4. The van der Waals surface area contributed by atoms with Crippen LogP contribution in [0.4, 0.5) is 4.39 Å². The second-order valence-corrected chi connectivity index (χ2v) is 4.63. The van der Waals surface area contributed by atoms with Crippen LogP contribution in [0.3, 0.4) is 0 Å². The lowest BCUT2D eigenvalue weighted by atomic mass is 10.0. The summed E-state index contributed by atoms with van der Waals surface area (Å²) in [5, 5.41) is 3.94. The first-order valence-corrected chi connectivity index (χ1v) is 6.50. The second kappa shape index (κ2) is 6.59. The van der Waals surface area contributed by atoms with Crippen LogP contribution < -0.4 is 5.32 Å². The molecule has 0 bridgehead atoms. The van der Waals surface area contributed by atoms with Gasteiger partial charge in [-0.15, -0.1) is 0 Å². The van der Waals surface area contributed by atoms with Crippen molar-refractivity contribution >= 4 is 11.6 Å². The van der Waals surface area contributed by atoms with Gasteiger partial charge in [-0.1, -0.05) is 18.5 Å². The summed E-state index contributed by atoms with van der Waals surface area (Å²) in [6.45, 7) is 2.79. The molecule has 2 aromatic heterocycles. The number of rotatable bonds is 5. The van der Waals surface area contributed by atoms with Gasteiger partial charge in [-0.3, -0.25) is 9.97 Å². The molecule has 19 heavy (non-hydrogen) atoms. The van der Waals surface area contributed by atoms with E-state index in [1.807, 2.05) is 13.0 Å². The van der Waals surface area contributed by atoms with Gasteiger partial charge in [-0.2, -0.15) is 0 Å². The molecule has 2 aromatic rings. The fraction of sp³-hybridized carbons (Fsp3) is 0.286. The number of likely N-dealkylation sites (N-methyl/N-ethyl adjacent to an activating group) is 1. The summed E-state index contributed by atoms with van der Waals surface area (Å²) >= 11 is 6.11. The molecule has 0 aromatic carbocycles. The highest BCUT2D eigenvalue weighted by Crippen LogP contribution is 2.22. The van der Waals surface area contributed by atoms with Crippen LogP contribution in [0, 0.1) is 5.82 Å². The average Bonchev–Trinajstić information content (AvgIpc) is 2.40. The Hall–Kier alpha value is -1.52. The predicted molar refractivity (Wildman–Crippen MR) is 73.6 cm³/mol. The predicted octanol–water partition coefficient (Wildman–Crippen LogP) is 3.16. The van der Waals surface area contributed by atoms with E-state index >= 15 is 0 Å². The Balaban J connectivity index is 2.24. The first-order chi connectivity index (χ1) is 9.20. The van der Waals surface area contributed by atoms with E-state index in [0.29, 0.717) is 11.4 Å². The molecule has 0 aliphatic carbocycles. The first-order valence-electron chi connectivity index (χ1n) is 6.13. The van der Waals surface area contributed by atoms with E-state index in [9.17, 15) is 4.39 Å². The third-order valence-corrected chi connectivity index (χ3v) is 3.20. The molecule has 0 spiro atoms. The number of hydrogen-bond acceptors (Lipinski definition) is 3. The van der Waals surface area contributed by atoms with Gasteiger partial charge in [0, 0.05) is 24.6 Å². The van der Waals surface area contributed by atoms with Crippen LogP contribution in [-0.2, 0) is 6.42 Å². The van der Waals surface area contributed by atoms with Gasteiger partial charge >= 0.3 is 0 Å². The Kier molecular flexibility index (Phi) is 4.82. The van der Waals surface area contributed by atoms with E-state index in [1.54, 1.807) is 18.6 Å². The highest BCUT2D eigenvalue weighted by molar-refractivity contribution is 6.31. The van der Waals surface area contributed by atoms with E-state index in [0.717, 1.165) is 17.7 Å². The number of pyridine rings is 2. The van der Waals surface area contributed by atoms with Crippen LogP contribution in [0.15, 0.2) is 36.9 Å². The van der Waals surface area contributed by atoms with Crippen LogP contribution in [0.5, 0.6) is 0 Å². The van der Waals surface area contributed by atoms with Gasteiger partial charge in [0.2, 0.25) is 0 Å². The van der Waals surface area contributed by atoms with Crippen molar-refractivity contribution in [1.82, 2.24) is 15.3 Å². The van der Waals surface area contributed by atoms with Crippen molar-refractivity contribution in [2.45, 2.75) is 19.4 Å². The summed E-state index contributed by atoms with van der Waals surface area (Å²) in [6, 6.07) is 3.35. The molecule has 0 saturated carbocycles. The van der Waals surface area contributed by atoms with Crippen LogP contribution >= 0.6 is 11.6 Å². The lowest BCUT2D eigenvalue weighted by Gasteiger charge is -2.18. The largest absolute Gasteiger partial charge is 0.310 e. The fourth-order valence-electron chi connectivity index (χ4n) is 1.96. The molecular weight excluding hydrogens is 265 g/mol. The van der Waals surface area contributed by atoms with E-state index in [2.05, 4.69) is 15.3 Å². The maximum Gasteiger partial charge on any atom is 0.141 e. The molecule has 0 aliphatic heterocycles. The van der Waals surface area contributed by atoms with Crippen molar-refractivity contribution in [2.24, 2.45) is 0 Å². The Morgan fingerprint density at radius 1 is 1.32 bits per heavy atom. The summed E-state index contributed by atoms with van der Waals surface area (Å²) in [5.74, 6) is -0.332. The van der Waals surface area contributed by atoms with Gasteiger partial charge in [-0.25, -0.2) is 4.39 Å². The van der Waals surface area contributed by atoms with Gasteiger partial charge in [0.1, 0.15) is 5.82 Å². The first kappa shape index (κ1) is 13.9. The third-order valence-electron chi connectivity index (χ3n) is 2.86. The van der Waals surface area contributed by atoms with E-state index in [-0.39, 0.29) is 11.9 Å². The molecule has 1 unspecified atom stereocenters. The monoisotopic (exact) mass is 279 g/mol. The molecule has 3 nitrogen and oxygen atoms in total. The summed E-state index contributed by atoms with van der Waals surface area (Å²) in [6.07, 6.45) is 6.86. The molecular formula is C14H15ClFN3. The molecule has 0 fully saturated rings. The van der Waals surface area contributed by atoms with E-state index in [4.69, 9.17) is 11.6 Å². The molecule has 0 amide bonds. The van der Waals surface area contributed by atoms with Crippen molar-refractivity contribution in [2.75, 3.05) is 6.54 Å². The van der Waals surface area contributed by atoms with Gasteiger partial charge in [0.15, 0.2) is 0 Å². The number of halogens is 2. The zero-order chi connectivity index (χ0) is 13.7. The van der Waals surface area contributed by atoms with Gasteiger partial charge < -0.3 is 5.32 Å².